The first kappa shape index (κ1) is 11.8. The summed E-state index contributed by atoms with van der Waals surface area (Å²) in [6, 6.07) is 20.0. The molecule has 100 valence electrons. The van der Waals surface area contributed by atoms with Gasteiger partial charge in [-0.25, -0.2) is 4.98 Å². The first-order valence-electron chi connectivity index (χ1n) is 6.73. The van der Waals surface area contributed by atoms with E-state index in [0.717, 1.165) is 27.9 Å². The number of aromatic nitrogens is 4. The molecule has 0 aliphatic carbocycles. The highest BCUT2D eigenvalue weighted by molar-refractivity contribution is 5.83. The molecule has 0 bridgehead atoms. The third-order valence-corrected chi connectivity index (χ3v) is 3.39. The Hall–Kier alpha value is -3.01. The number of benzene rings is 2. The van der Waals surface area contributed by atoms with Gasteiger partial charge in [-0.3, -0.25) is 10.1 Å². The van der Waals surface area contributed by atoms with Gasteiger partial charge in [-0.05, 0) is 24.3 Å². The molecule has 2 aromatic carbocycles. The average molecular weight is 272 g/mol. The highest BCUT2D eigenvalue weighted by Gasteiger charge is 2.08. The summed E-state index contributed by atoms with van der Waals surface area (Å²) < 4.78 is 0. The van der Waals surface area contributed by atoms with E-state index in [0.29, 0.717) is 5.82 Å². The van der Waals surface area contributed by atoms with Crippen LogP contribution in [0.3, 0.4) is 0 Å². The van der Waals surface area contributed by atoms with Gasteiger partial charge in [0.1, 0.15) is 0 Å². The lowest BCUT2D eigenvalue weighted by Crippen LogP contribution is -1.83. The van der Waals surface area contributed by atoms with Crippen LogP contribution in [0.5, 0.6) is 0 Å². The normalized spacial score (nSPS) is 10.9. The Balaban J connectivity index is 1.77. The Bertz CT molecular complexity index is 897. The molecule has 1 N–H and O–H groups in total. The van der Waals surface area contributed by atoms with Crippen molar-refractivity contribution in [3.05, 3.63) is 66.9 Å². The average Bonchev–Trinajstić information content (AvgIpc) is 3.05. The van der Waals surface area contributed by atoms with Gasteiger partial charge in [0.25, 0.3) is 0 Å². The van der Waals surface area contributed by atoms with Crippen molar-refractivity contribution in [3.8, 4) is 22.8 Å². The number of nitrogens with one attached hydrogen (secondary N) is 1. The van der Waals surface area contributed by atoms with Crippen LogP contribution < -0.4 is 0 Å². The van der Waals surface area contributed by atoms with E-state index in [-0.39, 0.29) is 0 Å². The number of hydrogen-bond acceptors (Lipinski definition) is 3. The summed E-state index contributed by atoms with van der Waals surface area (Å²) in [7, 11) is 0. The van der Waals surface area contributed by atoms with Gasteiger partial charge in [0.15, 0.2) is 11.6 Å². The highest BCUT2D eigenvalue weighted by Crippen LogP contribution is 2.22. The predicted octanol–water partition coefficient (Wildman–Crippen LogP) is 3.69. The fourth-order valence-electron chi connectivity index (χ4n) is 2.33. The summed E-state index contributed by atoms with van der Waals surface area (Å²) in [6.07, 6.45) is 1.79. The maximum Gasteiger partial charge on any atom is 0.181 e. The Morgan fingerprint density at radius 2 is 1.71 bits per heavy atom. The summed E-state index contributed by atoms with van der Waals surface area (Å²) in [4.78, 5) is 8.89. The Labute approximate surface area is 121 Å². The minimum atomic E-state index is 0.694. The molecule has 0 fully saturated rings. The number of hydrogen-bond donors (Lipinski definition) is 1. The van der Waals surface area contributed by atoms with E-state index in [1.165, 1.54) is 0 Å². The van der Waals surface area contributed by atoms with Crippen molar-refractivity contribution in [2.75, 3.05) is 0 Å². The smallest absolute Gasteiger partial charge is 0.181 e. The van der Waals surface area contributed by atoms with Crippen molar-refractivity contribution in [2.24, 2.45) is 0 Å². The molecule has 0 spiro atoms. The van der Waals surface area contributed by atoms with Crippen LogP contribution in [0, 0.1) is 0 Å². The maximum atomic E-state index is 4.57. The summed E-state index contributed by atoms with van der Waals surface area (Å²) in [6.45, 7) is 0. The second-order valence-corrected chi connectivity index (χ2v) is 4.78. The van der Waals surface area contributed by atoms with Crippen LogP contribution in [0.1, 0.15) is 0 Å². The van der Waals surface area contributed by atoms with Gasteiger partial charge in [-0.2, -0.15) is 5.10 Å². The third-order valence-electron chi connectivity index (χ3n) is 3.39. The van der Waals surface area contributed by atoms with Gasteiger partial charge in [-0.15, -0.1) is 0 Å². The minimum absolute atomic E-state index is 0.694. The van der Waals surface area contributed by atoms with Gasteiger partial charge in [0.2, 0.25) is 0 Å². The number of pyridine rings is 1. The molecule has 0 radical (unpaired) electrons. The summed E-state index contributed by atoms with van der Waals surface area (Å²) in [5, 5.41) is 8.39. The van der Waals surface area contributed by atoms with Crippen LogP contribution in [0.2, 0.25) is 0 Å². The van der Waals surface area contributed by atoms with Gasteiger partial charge >= 0.3 is 0 Å². The van der Waals surface area contributed by atoms with E-state index < -0.39 is 0 Å². The lowest BCUT2D eigenvalue weighted by atomic mass is 10.1. The number of nitrogens with zero attached hydrogens (tertiary/aromatic N) is 3. The number of fused-ring (bicyclic) bond motifs is 1. The van der Waals surface area contributed by atoms with E-state index in [1.807, 2.05) is 54.6 Å². The van der Waals surface area contributed by atoms with E-state index in [2.05, 4.69) is 26.2 Å². The molecule has 2 aromatic heterocycles. The quantitative estimate of drug-likeness (QED) is 0.605. The van der Waals surface area contributed by atoms with Gasteiger partial charge in [0.05, 0.1) is 5.52 Å². The molecule has 0 saturated heterocycles. The Morgan fingerprint density at radius 3 is 2.62 bits per heavy atom. The van der Waals surface area contributed by atoms with Gasteiger partial charge in [-0.1, -0.05) is 36.4 Å². The Morgan fingerprint density at radius 1 is 0.810 bits per heavy atom. The molecule has 0 amide bonds. The third kappa shape index (κ3) is 2.17. The fourth-order valence-corrected chi connectivity index (χ4v) is 2.33. The van der Waals surface area contributed by atoms with Gasteiger partial charge < -0.3 is 0 Å². The molecule has 0 unspecified atom stereocenters. The van der Waals surface area contributed by atoms with Crippen molar-refractivity contribution in [1.82, 2.24) is 20.2 Å². The summed E-state index contributed by atoms with van der Waals surface area (Å²) in [5.41, 5.74) is 2.98. The van der Waals surface area contributed by atoms with E-state index >= 15 is 0 Å². The molecule has 4 aromatic rings. The summed E-state index contributed by atoms with van der Waals surface area (Å²) >= 11 is 0. The predicted molar refractivity (Wildman–Crippen MR) is 82.6 cm³/mol. The first-order valence-corrected chi connectivity index (χ1v) is 6.73. The zero-order valence-electron chi connectivity index (χ0n) is 11.2. The molecule has 0 atom stereocenters. The standard InChI is InChI=1S/C17H12N4/c1-2-5-12(6-3-1)16-19-17(21-20-16)14-8-9-15-13(11-14)7-4-10-18-15/h1-11H,(H,19,20,21). The fraction of sp³-hybridized carbons (Fsp3) is 0. The second kappa shape index (κ2) is 4.83. The molecular formula is C17H12N4. The van der Waals surface area contributed by atoms with Crippen molar-refractivity contribution < 1.29 is 0 Å². The van der Waals surface area contributed by atoms with E-state index in [9.17, 15) is 0 Å². The largest absolute Gasteiger partial charge is 0.259 e. The molecule has 0 aliphatic rings. The summed E-state index contributed by atoms with van der Waals surface area (Å²) in [5.74, 6) is 1.47. The van der Waals surface area contributed by atoms with E-state index in [4.69, 9.17) is 0 Å². The van der Waals surface area contributed by atoms with Crippen molar-refractivity contribution >= 4 is 10.9 Å². The van der Waals surface area contributed by atoms with Crippen LogP contribution in [0.25, 0.3) is 33.7 Å². The van der Waals surface area contributed by atoms with Crippen LogP contribution in [-0.4, -0.2) is 20.2 Å². The maximum absolute atomic E-state index is 4.57. The second-order valence-electron chi connectivity index (χ2n) is 4.78. The zero-order valence-corrected chi connectivity index (χ0v) is 11.2. The Kier molecular flexibility index (Phi) is 2.71. The molecular weight excluding hydrogens is 260 g/mol. The molecule has 4 heteroatoms. The van der Waals surface area contributed by atoms with Crippen LogP contribution >= 0.6 is 0 Å². The molecule has 2 heterocycles. The van der Waals surface area contributed by atoms with Crippen LogP contribution in [0.15, 0.2) is 66.9 Å². The highest BCUT2D eigenvalue weighted by atomic mass is 15.2. The monoisotopic (exact) mass is 272 g/mol. The number of H-pyrrole nitrogens is 1. The lowest BCUT2D eigenvalue weighted by Gasteiger charge is -1.99. The van der Waals surface area contributed by atoms with Crippen molar-refractivity contribution in [2.45, 2.75) is 0 Å². The zero-order chi connectivity index (χ0) is 14.1. The van der Waals surface area contributed by atoms with E-state index in [1.54, 1.807) is 6.20 Å². The number of aromatic amines is 1. The van der Waals surface area contributed by atoms with Gasteiger partial charge in [0, 0.05) is 22.7 Å². The van der Waals surface area contributed by atoms with Crippen molar-refractivity contribution in [1.29, 1.82) is 0 Å². The molecule has 4 rings (SSSR count). The number of rotatable bonds is 2. The molecule has 0 saturated carbocycles. The molecule has 21 heavy (non-hydrogen) atoms. The molecule has 4 nitrogen and oxygen atoms in total. The van der Waals surface area contributed by atoms with Crippen LogP contribution in [0.4, 0.5) is 0 Å². The SMILES string of the molecule is c1ccc(-c2nc(-c3ccc4ncccc4c3)n[nH]2)cc1. The van der Waals surface area contributed by atoms with Crippen LogP contribution in [-0.2, 0) is 0 Å². The lowest BCUT2D eigenvalue weighted by molar-refractivity contribution is 1.10. The first-order chi connectivity index (χ1) is 10.4. The molecule has 0 aliphatic heterocycles. The topological polar surface area (TPSA) is 54.5 Å². The van der Waals surface area contributed by atoms with Crippen molar-refractivity contribution in [3.63, 3.8) is 0 Å². The minimum Gasteiger partial charge on any atom is -0.259 e.